The molecule has 8 nitrogen and oxygen atoms in total. The number of benzene rings is 1. The molecular formula is C19H17F3N6O2. The molecule has 156 valence electrons. The SMILES string of the molecule is O=C(NCc1ccc(OC(F)(F)F)cc1)C1CCCn2c(-c3cnccn3)nnc21. The van der Waals surface area contributed by atoms with Gasteiger partial charge in [0.2, 0.25) is 5.91 Å². The van der Waals surface area contributed by atoms with Gasteiger partial charge in [-0.2, -0.15) is 0 Å². The minimum Gasteiger partial charge on any atom is -0.406 e. The molecule has 0 spiro atoms. The molecule has 0 aliphatic carbocycles. The van der Waals surface area contributed by atoms with Crippen molar-refractivity contribution in [1.29, 1.82) is 0 Å². The Morgan fingerprint density at radius 3 is 2.70 bits per heavy atom. The lowest BCUT2D eigenvalue weighted by Gasteiger charge is -2.22. The van der Waals surface area contributed by atoms with Crippen LogP contribution in [0.3, 0.4) is 0 Å². The first-order valence-corrected chi connectivity index (χ1v) is 9.22. The van der Waals surface area contributed by atoms with E-state index < -0.39 is 12.3 Å². The van der Waals surface area contributed by atoms with Crippen LogP contribution in [0.1, 0.15) is 30.1 Å². The van der Waals surface area contributed by atoms with Gasteiger partial charge in [-0.15, -0.1) is 23.4 Å². The van der Waals surface area contributed by atoms with Crippen LogP contribution >= 0.6 is 0 Å². The molecule has 0 saturated heterocycles. The van der Waals surface area contributed by atoms with Crippen molar-refractivity contribution in [3.8, 4) is 17.3 Å². The molecule has 1 amide bonds. The summed E-state index contributed by atoms with van der Waals surface area (Å²) in [5.74, 6) is 0.132. The molecule has 30 heavy (non-hydrogen) atoms. The van der Waals surface area contributed by atoms with Crippen LogP contribution in [0.5, 0.6) is 5.75 Å². The van der Waals surface area contributed by atoms with Crippen LogP contribution < -0.4 is 10.1 Å². The molecule has 1 unspecified atom stereocenters. The Morgan fingerprint density at radius 2 is 2.00 bits per heavy atom. The molecule has 0 radical (unpaired) electrons. The highest BCUT2D eigenvalue weighted by Gasteiger charge is 2.32. The summed E-state index contributed by atoms with van der Waals surface area (Å²) in [6.07, 6.45) is 1.39. The summed E-state index contributed by atoms with van der Waals surface area (Å²) in [6.45, 7) is 0.853. The molecule has 1 atom stereocenters. The molecule has 0 fully saturated rings. The first-order valence-electron chi connectivity index (χ1n) is 9.22. The highest BCUT2D eigenvalue weighted by atomic mass is 19.4. The summed E-state index contributed by atoms with van der Waals surface area (Å²) < 4.78 is 42.4. The minimum atomic E-state index is -4.74. The van der Waals surface area contributed by atoms with Gasteiger partial charge in [0.1, 0.15) is 17.3 Å². The van der Waals surface area contributed by atoms with Gasteiger partial charge in [0.25, 0.3) is 0 Å². The van der Waals surface area contributed by atoms with E-state index >= 15 is 0 Å². The fourth-order valence-electron chi connectivity index (χ4n) is 3.35. The van der Waals surface area contributed by atoms with Crippen molar-refractivity contribution < 1.29 is 22.7 Å². The molecule has 11 heteroatoms. The van der Waals surface area contributed by atoms with Gasteiger partial charge in [-0.05, 0) is 30.5 Å². The summed E-state index contributed by atoms with van der Waals surface area (Å²) >= 11 is 0. The summed E-state index contributed by atoms with van der Waals surface area (Å²) in [6, 6.07) is 5.35. The monoisotopic (exact) mass is 418 g/mol. The van der Waals surface area contributed by atoms with E-state index in [2.05, 4.69) is 30.2 Å². The topological polar surface area (TPSA) is 94.8 Å². The van der Waals surface area contributed by atoms with Crippen molar-refractivity contribution in [1.82, 2.24) is 30.0 Å². The maximum Gasteiger partial charge on any atom is 0.573 e. The van der Waals surface area contributed by atoms with E-state index in [1.54, 1.807) is 18.6 Å². The van der Waals surface area contributed by atoms with Gasteiger partial charge in [0.05, 0.1) is 12.1 Å². The molecule has 4 rings (SSSR count). The lowest BCUT2D eigenvalue weighted by molar-refractivity contribution is -0.274. The van der Waals surface area contributed by atoms with Gasteiger partial charge in [-0.1, -0.05) is 12.1 Å². The Labute approximate surface area is 169 Å². The van der Waals surface area contributed by atoms with E-state index in [-0.39, 0.29) is 18.2 Å². The zero-order valence-electron chi connectivity index (χ0n) is 15.6. The number of halogens is 3. The number of rotatable bonds is 5. The van der Waals surface area contributed by atoms with Crippen molar-refractivity contribution in [2.75, 3.05) is 0 Å². The standard InChI is InChI=1S/C19H17F3N6O2/c20-19(21,22)30-13-5-3-12(4-6-13)10-25-18(29)14-2-1-9-28-16(14)26-27-17(28)15-11-23-7-8-24-15/h3-8,11,14H,1-2,9-10H2,(H,25,29). The van der Waals surface area contributed by atoms with Crippen LogP contribution in [0.15, 0.2) is 42.9 Å². The number of alkyl halides is 3. The molecule has 0 saturated carbocycles. The number of hydrogen-bond donors (Lipinski definition) is 1. The molecule has 2 aromatic heterocycles. The second-order valence-electron chi connectivity index (χ2n) is 6.73. The van der Waals surface area contributed by atoms with E-state index in [4.69, 9.17) is 0 Å². The van der Waals surface area contributed by atoms with E-state index in [9.17, 15) is 18.0 Å². The summed E-state index contributed by atoms with van der Waals surface area (Å²) in [4.78, 5) is 21.0. The average molecular weight is 418 g/mol. The Hall–Kier alpha value is -3.50. The minimum absolute atomic E-state index is 0.173. The van der Waals surface area contributed by atoms with Crippen LogP contribution in [0.25, 0.3) is 11.5 Å². The van der Waals surface area contributed by atoms with Crippen LogP contribution in [0.2, 0.25) is 0 Å². The van der Waals surface area contributed by atoms with Gasteiger partial charge in [0, 0.05) is 25.5 Å². The largest absolute Gasteiger partial charge is 0.573 e. The molecule has 1 N–H and O–H groups in total. The Morgan fingerprint density at radius 1 is 1.20 bits per heavy atom. The Balaban J connectivity index is 1.42. The third-order valence-corrected chi connectivity index (χ3v) is 4.70. The maximum atomic E-state index is 12.7. The van der Waals surface area contributed by atoms with E-state index in [0.717, 1.165) is 6.42 Å². The Bertz CT molecular complexity index is 1020. The van der Waals surface area contributed by atoms with Crippen LogP contribution in [0, 0.1) is 0 Å². The second-order valence-corrected chi connectivity index (χ2v) is 6.73. The fraction of sp³-hybridized carbons (Fsp3) is 0.316. The number of nitrogens with one attached hydrogen (secondary N) is 1. The van der Waals surface area contributed by atoms with Crippen LogP contribution in [0.4, 0.5) is 13.2 Å². The molecule has 3 heterocycles. The number of fused-ring (bicyclic) bond motifs is 1. The average Bonchev–Trinajstić information content (AvgIpc) is 3.17. The first-order chi connectivity index (χ1) is 14.4. The van der Waals surface area contributed by atoms with Crippen molar-refractivity contribution in [2.45, 2.75) is 38.2 Å². The van der Waals surface area contributed by atoms with Gasteiger partial charge >= 0.3 is 6.36 Å². The fourth-order valence-corrected chi connectivity index (χ4v) is 3.35. The number of carbonyl (C=O) groups is 1. The number of hydrogen-bond acceptors (Lipinski definition) is 6. The smallest absolute Gasteiger partial charge is 0.406 e. The molecule has 0 bridgehead atoms. The second kappa shape index (κ2) is 8.09. The lowest BCUT2D eigenvalue weighted by Crippen LogP contribution is -2.33. The number of amides is 1. The van der Waals surface area contributed by atoms with Gasteiger partial charge in [-0.3, -0.25) is 9.78 Å². The molecular weight excluding hydrogens is 401 g/mol. The van der Waals surface area contributed by atoms with Gasteiger partial charge in [0.15, 0.2) is 5.82 Å². The molecule has 1 aromatic carbocycles. The van der Waals surface area contributed by atoms with Crippen LogP contribution in [-0.2, 0) is 17.9 Å². The van der Waals surface area contributed by atoms with Crippen molar-refractivity contribution in [3.63, 3.8) is 0 Å². The first kappa shape index (κ1) is 19.8. The Kier molecular flexibility index (Phi) is 5.34. The predicted octanol–water partition coefficient (Wildman–Crippen LogP) is 2.83. The van der Waals surface area contributed by atoms with E-state index in [1.807, 2.05) is 4.57 Å². The zero-order valence-corrected chi connectivity index (χ0v) is 15.6. The quantitative estimate of drug-likeness (QED) is 0.685. The molecule has 3 aromatic rings. The molecule has 1 aliphatic heterocycles. The third kappa shape index (κ3) is 4.39. The predicted molar refractivity (Wildman–Crippen MR) is 98.0 cm³/mol. The van der Waals surface area contributed by atoms with Gasteiger partial charge in [-0.25, -0.2) is 4.98 Å². The zero-order chi connectivity index (χ0) is 21.1. The number of carbonyl (C=O) groups excluding carboxylic acids is 1. The highest BCUT2D eigenvalue weighted by molar-refractivity contribution is 5.83. The van der Waals surface area contributed by atoms with E-state index in [1.165, 1.54) is 24.3 Å². The molecule has 1 aliphatic rings. The normalized spacial score (nSPS) is 16.0. The number of ether oxygens (including phenoxy) is 1. The number of nitrogens with zero attached hydrogens (tertiary/aromatic N) is 5. The summed E-state index contributed by atoms with van der Waals surface area (Å²) in [5.41, 5.74) is 1.23. The van der Waals surface area contributed by atoms with E-state index in [0.29, 0.717) is 35.9 Å². The maximum absolute atomic E-state index is 12.7. The summed E-state index contributed by atoms with van der Waals surface area (Å²) in [5, 5.41) is 11.2. The van der Waals surface area contributed by atoms with Crippen LogP contribution in [-0.4, -0.2) is 37.0 Å². The van der Waals surface area contributed by atoms with Crippen molar-refractivity contribution in [3.05, 3.63) is 54.2 Å². The van der Waals surface area contributed by atoms with Crippen molar-refractivity contribution >= 4 is 5.91 Å². The lowest BCUT2D eigenvalue weighted by atomic mass is 9.97. The van der Waals surface area contributed by atoms with Gasteiger partial charge < -0.3 is 14.6 Å². The van der Waals surface area contributed by atoms with Crippen molar-refractivity contribution in [2.24, 2.45) is 0 Å². The summed E-state index contributed by atoms with van der Waals surface area (Å²) in [7, 11) is 0. The number of aromatic nitrogens is 5. The highest BCUT2D eigenvalue weighted by Crippen LogP contribution is 2.29. The third-order valence-electron chi connectivity index (χ3n) is 4.70.